The van der Waals surface area contributed by atoms with Gasteiger partial charge in [-0.1, -0.05) is 31.0 Å². The van der Waals surface area contributed by atoms with E-state index in [1.807, 2.05) is 42.3 Å². The highest BCUT2D eigenvalue weighted by Crippen LogP contribution is 2.36. The van der Waals surface area contributed by atoms with Gasteiger partial charge in [0.15, 0.2) is 0 Å². The lowest BCUT2D eigenvalue weighted by molar-refractivity contribution is -0.120. The Labute approximate surface area is 208 Å². The molecule has 35 heavy (non-hydrogen) atoms. The second kappa shape index (κ2) is 12.6. The molecule has 3 rings (SSSR count). The van der Waals surface area contributed by atoms with Crippen LogP contribution in [-0.4, -0.2) is 47.3 Å². The van der Waals surface area contributed by atoms with Gasteiger partial charge in [-0.05, 0) is 68.1 Å². The molecule has 0 aliphatic carbocycles. The topological polar surface area (TPSA) is 78.4 Å². The summed E-state index contributed by atoms with van der Waals surface area (Å²) < 4.78 is 0. The van der Waals surface area contributed by atoms with Crippen LogP contribution in [0.1, 0.15) is 53.6 Å². The Balaban J connectivity index is 1.69. The van der Waals surface area contributed by atoms with Crippen LogP contribution in [0.3, 0.4) is 0 Å². The monoisotopic (exact) mass is 473 g/mol. The van der Waals surface area contributed by atoms with Crippen molar-refractivity contribution >= 4 is 29.1 Å². The zero-order valence-corrected chi connectivity index (χ0v) is 21.1. The Bertz CT molecular complexity index is 1100. The fraction of sp³-hybridized carbons (Fsp3) is 0.357. The van der Waals surface area contributed by atoms with Crippen LogP contribution in [0.4, 0.5) is 17.3 Å². The van der Waals surface area contributed by atoms with E-state index in [-0.39, 0.29) is 11.8 Å². The van der Waals surface area contributed by atoms with Crippen LogP contribution >= 0.6 is 0 Å². The SMILES string of the molecule is CNC(=O)CCCCCCN(C)C(=O)c1ccc(N(c2ncccn2)c2c(C)cccc2C)cc1. The lowest BCUT2D eigenvalue weighted by atomic mass is 10.1. The molecule has 0 saturated heterocycles. The summed E-state index contributed by atoms with van der Waals surface area (Å²) in [7, 11) is 3.49. The first-order valence-corrected chi connectivity index (χ1v) is 12.1. The van der Waals surface area contributed by atoms with Crippen molar-refractivity contribution in [2.45, 2.75) is 46.0 Å². The highest BCUT2D eigenvalue weighted by Gasteiger charge is 2.19. The van der Waals surface area contributed by atoms with E-state index in [1.54, 1.807) is 30.4 Å². The average Bonchev–Trinajstić information content (AvgIpc) is 2.88. The molecule has 0 bridgehead atoms. The van der Waals surface area contributed by atoms with Gasteiger partial charge < -0.3 is 10.2 Å². The van der Waals surface area contributed by atoms with Crippen molar-refractivity contribution in [2.75, 3.05) is 25.5 Å². The molecule has 7 nitrogen and oxygen atoms in total. The second-order valence-corrected chi connectivity index (χ2v) is 8.74. The molecule has 0 saturated carbocycles. The number of hydrogen-bond acceptors (Lipinski definition) is 5. The van der Waals surface area contributed by atoms with Crippen LogP contribution in [0.2, 0.25) is 0 Å². The predicted molar refractivity (Wildman–Crippen MR) is 140 cm³/mol. The van der Waals surface area contributed by atoms with Gasteiger partial charge in [0, 0.05) is 50.7 Å². The third kappa shape index (κ3) is 6.88. The van der Waals surface area contributed by atoms with E-state index in [0.717, 1.165) is 48.2 Å². The maximum atomic E-state index is 13.0. The summed E-state index contributed by atoms with van der Waals surface area (Å²) in [6.45, 7) is 4.83. The van der Waals surface area contributed by atoms with Crippen molar-refractivity contribution in [1.29, 1.82) is 0 Å². The Morgan fingerprint density at radius 2 is 1.49 bits per heavy atom. The summed E-state index contributed by atoms with van der Waals surface area (Å²) in [4.78, 5) is 37.0. The predicted octanol–water partition coefficient (Wildman–Crippen LogP) is 5.33. The highest BCUT2D eigenvalue weighted by molar-refractivity contribution is 5.94. The number of nitrogens with zero attached hydrogens (tertiary/aromatic N) is 4. The van der Waals surface area contributed by atoms with Gasteiger partial charge in [0.25, 0.3) is 5.91 Å². The van der Waals surface area contributed by atoms with Crippen LogP contribution in [0.15, 0.2) is 60.9 Å². The smallest absolute Gasteiger partial charge is 0.253 e. The molecular weight excluding hydrogens is 438 g/mol. The molecule has 0 aliphatic heterocycles. The van der Waals surface area contributed by atoms with Gasteiger partial charge in [-0.2, -0.15) is 0 Å². The third-order valence-corrected chi connectivity index (χ3v) is 6.06. The Morgan fingerprint density at radius 1 is 0.857 bits per heavy atom. The van der Waals surface area contributed by atoms with Crippen molar-refractivity contribution in [3.63, 3.8) is 0 Å². The Kier molecular flexibility index (Phi) is 9.35. The quantitative estimate of drug-likeness (QED) is 0.381. The second-order valence-electron chi connectivity index (χ2n) is 8.74. The fourth-order valence-electron chi connectivity index (χ4n) is 4.10. The number of benzene rings is 2. The summed E-state index contributed by atoms with van der Waals surface area (Å²) in [5.41, 5.74) is 4.81. The third-order valence-electron chi connectivity index (χ3n) is 6.06. The number of rotatable bonds is 11. The van der Waals surface area contributed by atoms with Crippen molar-refractivity contribution in [1.82, 2.24) is 20.2 Å². The number of aryl methyl sites for hydroxylation is 2. The molecule has 2 amide bonds. The zero-order valence-electron chi connectivity index (χ0n) is 21.1. The van der Waals surface area contributed by atoms with E-state index in [0.29, 0.717) is 24.5 Å². The minimum Gasteiger partial charge on any atom is -0.359 e. The first kappa shape index (κ1) is 25.9. The summed E-state index contributed by atoms with van der Waals surface area (Å²) in [5, 5.41) is 2.64. The number of nitrogens with one attached hydrogen (secondary N) is 1. The molecule has 0 atom stereocenters. The van der Waals surface area contributed by atoms with Gasteiger partial charge in [-0.3, -0.25) is 14.5 Å². The first-order valence-electron chi connectivity index (χ1n) is 12.1. The number of hydrogen-bond donors (Lipinski definition) is 1. The maximum Gasteiger partial charge on any atom is 0.253 e. The van der Waals surface area contributed by atoms with Crippen molar-refractivity contribution < 1.29 is 9.59 Å². The molecule has 1 heterocycles. The van der Waals surface area contributed by atoms with E-state index < -0.39 is 0 Å². The van der Waals surface area contributed by atoms with Gasteiger partial charge in [0.2, 0.25) is 11.9 Å². The van der Waals surface area contributed by atoms with Gasteiger partial charge in [0.1, 0.15) is 0 Å². The van der Waals surface area contributed by atoms with Crippen molar-refractivity contribution in [2.24, 2.45) is 0 Å². The normalized spacial score (nSPS) is 10.6. The molecule has 184 valence electrons. The lowest BCUT2D eigenvalue weighted by Crippen LogP contribution is -2.27. The van der Waals surface area contributed by atoms with E-state index >= 15 is 0 Å². The summed E-state index contributed by atoms with van der Waals surface area (Å²) in [5.74, 6) is 0.657. The summed E-state index contributed by atoms with van der Waals surface area (Å²) in [6, 6.07) is 15.6. The number of para-hydroxylation sites is 1. The largest absolute Gasteiger partial charge is 0.359 e. The molecule has 0 radical (unpaired) electrons. The van der Waals surface area contributed by atoms with E-state index in [1.165, 1.54) is 0 Å². The molecule has 3 aromatic rings. The zero-order chi connectivity index (χ0) is 25.2. The molecule has 7 heteroatoms. The minimum atomic E-state index is -0.00325. The molecule has 0 fully saturated rings. The number of carbonyl (C=O) groups is 2. The average molecular weight is 474 g/mol. The molecule has 0 aliphatic rings. The van der Waals surface area contributed by atoms with E-state index in [2.05, 4.69) is 41.3 Å². The van der Waals surface area contributed by atoms with Crippen LogP contribution in [0, 0.1) is 13.8 Å². The van der Waals surface area contributed by atoms with Crippen LogP contribution in [0.5, 0.6) is 0 Å². The number of carbonyl (C=O) groups excluding carboxylic acids is 2. The minimum absolute atomic E-state index is 0.00325. The van der Waals surface area contributed by atoms with Crippen molar-refractivity contribution in [3.05, 3.63) is 77.6 Å². The molecule has 1 N–H and O–H groups in total. The van der Waals surface area contributed by atoms with Gasteiger partial charge in [0.05, 0.1) is 5.69 Å². The number of anilines is 3. The number of unbranched alkanes of at least 4 members (excludes halogenated alkanes) is 3. The molecule has 1 aromatic heterocycles. The Hall–Kier alpha value is -3.74. The Morgan fingerprint density at radius 3 is 2.11 bits per heavy atom. The van der Waals surface area contributed by atoms with Gasteiger partial charge in [-0.25, -0.2) is 9.97 Å². The standard InChI is InChI=1S/C28H35N5O2/c1-21-11-9-12-22(2)26(21)33(28-30-18-10-19-31-28)24-16-14-23(15-17-24)27(35)32(4)20-8-6-5-7-13-25(34)29-3/h9-12,14-19H,5-8,13,20H2,1-4H3,(H,29,34). The van der Waals surface area contributed by atoms with Crippen LogP contribution < -0.4 is 10.2 Å². The van der Waals surface area contributed by atoms with Gasteiger partial charge in [-0.15, -0.1) is 0 Å². The maximum absolute atomic E-state index is 13.0. The van der Waals surface area contributed by atoms with Crippen LogP contribution in [0.25, 0.3) is 0 Å². The highest BCUT2D eigenvalue weighted by atomic mass is 16.2. The van der Waals surface area contributed by atoms with E-state index in [9.17, 15) is 9.59 Å². The molecule has 0 spiro atoms. The van der Waals surface area contributed by atoms with E-state index in [4.69, 9.17) is 0 Å². The number of aromatic nitrogens is 2. The first-order chi connectivity index (χ1) is 16.9. The van der Waals surface area contributed by atoms with Crippen LogP contribution in [-0.2, 0) is 4.79 Å². The summed E-state index contributed by atoms with van der Waals surface area (Å²) >= 11 is 0. The molecule has 2 aromatic carbocycles. The number of amides is 2. The summed E-state index contributed by atoms with van der Waals surface area (Å²) in [6.07, 6.45) is 7.79. The van der Waals surface area contributed by atoms with Gasteiger partial charge >= 0.3 is 0 Å². The molecular formula is C28H35N5O2. The molecule has 0 unspecified atom stereocenters. The lowest BCUT2D eigenvalue weighted by Gasteiger charge is -2.26. The van der Waals surface area contributed by atoms with Crippen molar-refractivity contribution in [3.8, 4) is 0 Å². The fourth-order valence-corrected chi connectivity index (χ4v) is 4.10.